The zero-order chi connectivity index (χ0) is 14.5. The summed E-state index contributed by atoms with van der Waals surface area (Å²) in [6.07, 6.45) is 0.990. The molecule has 0 heterocycles. The first-order valence-electron chi connectivity index (χ1n) is 6.44. The third-order valence-electron chi connectivity index (χ3n) is 3.26. The highest BCUT2D eigenvalue weighted by Crippen LogP contribution is 2.14. The number of hydrogen-bond donors (Lipinski definition) is 1. The summed E-state index contributed by atoms with van der Waals surface area (Å²) in [6, 6.07) is 9.85. The van der Waals surface area contributed by atoms with E-state index in [1.807, 2.05) is 6.07 Å². The molecule has 1 N–H and O–H groups in total. The molecular weight excluding hydrogens is 263 g/mol. The molecule has 0 spiro atoms. The van der Waals surface area contributed by atoms with Crippen LogP contribution in [0.1, 0.15) is 11.1 Å². The van der Waals surface area contributed by atoms with Gasteiger partial charge in [-0.3, -0.25) is 0 Å². The van der Waals surface area contributed by atoms with Crippen molar-refractivity contribution in [2.45, 2.75) is 18.9 Å². The molecule has 0 saturated carbocycles. The highest BCUT2D eigenvalue weighted by atomic mass is 19.1. The molecule has 0 fully saturated rings. The van der Waals surface area contributed by atoms with E-state index in [4.69, 9.17) is 0 Å². The standard InChI is InChI=1S/C16H16F3N/c1-20-15(8-11-3-2-4-13(17)7-11)9-12-5-6-14(18)10-16(12)19/h2-7,10,15,20H,8-9H2,1H3. The Morgan fingerprint density at radius 1 is 0.950 bits per heavy atom. The van der Waals surface area contributed by atoms with Gasteiger partial charge in [-0.15, -0.1) is 0 Å². The van der Waals surface area contributed by atoms with Crippen molar-refractivity contribution in [1.82, 2.24) is 5.32 Å². The van der Waals surface area contributed by atoms with Crippen LogP contribution >= 0.6 is 0 Å². The Balaban J connectivity index is 2.09. The summed E-state index contributed by atoms with van der Waals surface area (Å²) in [7, 11) is 1.77. The van der Waals surface area contributed by atoms with E-state index in [1.54, 1.807) is 13.1 Å². The Hall–Kier alpha value is -1.81. The van der Waals surface area contributed by atoms with E-state index in [0.717, 1.165) is 11.6 Å². The van der Waals surface area contributed by atoms with Gasteiger partial charge in [-0.25, -0.2) is 13.2 Å². The number of likely N-dealkylation sites (N-methyl/N-ethyl adjacent to an activating group) is 1. The number of benzene rings is 2. The fourth-order valence-electron chi connectivity index (χ4n) is 2.18. The Morgan fingerprint density at radius 3 is 2.35 bits per heavy atom. The minimum Gasteiger partial charge on any atom is -0.316 e. The maximum atomic E-state index is 13.6. The van der Waals surface area contributed by atoms with Crippen LogP contribution in [0, 0.1) is 17.5 Å². The second-order valence-electron chi connectivity index (χ2n) is 4.76. The molecule has 0 aromatic heterocycles. The molecule has 1 nitrogen and oxygen atoms in total. The average molecular weight is 279 g/mol. The van der Waals surface area contributed by atoms with Crippen LogP contribution in [-0.4, -0.2) is 13.1 Å². The van der Waals surface area contributed by atoms with Crippen molar-refractivity contribution in [3.63, 3.8) is 0 Å². The summed E-state index contributed by atoms with van der Waals surface area (Å²) >= 11 is 0. The van der Waals surface area contributed by atoms with E-state index in [2.05, 4.69) is 5.32 Å². The fraction of sp³-hybridized carbons (Fsp3) is 0.250. The van der Waals surface area contributed by atoms with E-state index in [0.29, 0.717) is 18.4 Å². The zero-order valence-electron chi connectivity index (χ0n) is 11.2. The topological polar surface area (TPSA) is 12.0 Å². The fourth-order valence-corrected chi connectivity index (χ4v) is 2.18. The van der Waals surface area contributed by atoms with Gasteiger partial charge in [-0.2, -0.15) is 0 Å². The predicted molar refractivity (Wildman–Crippen MR) is 73.0 cm³/mol. The maximum Gasteiger partial charge on any atom is 0.129 e. The molecule has 106 valence electrons. The molecule has 0 aliphatic heterocycles. The summed E-state index contributed by atoms with van der Waals surface area (Å²) in [5.74, 6) is -1.42. The van der Waals surface area contributed by atoms with Crippen molar-refractivity contribution in [3.05, 3.63) is 71.0 Å². The lowest BCUT2D eigenvalue weighted by molar-refractivity contribution is 0.523. The summed E-state index contributed by atoms with van der Waals surface area (Å²) in [5, 5.41) is 3.08. The van der Waals surface area contributed by atoms with Crippen molar-refractivity contribution < 1.29 is 13.2 Å². The SMILES string of the molecule is CNC(Cc1cccc(F)c1)Cc1ccc(F)cc1F. The first kappa shape index (κ1) is 14.6. The molecule has 0 aliphatic rings. The van der Waals surface area contributed by atoms with Crippen LogP contribution in [-0.2, 0) is 12.8 Å². The molecule has 2 aromatic carbocycles. The Kier molecular flexibility index (Phi) is 4.79. The second-order valence-corrected chi connectivity index (χ2v) is 4.76. The lowest BCUT2D eigenvalue weighted by Crippen LogP contribution is -2.30. The molecule has 4 heteroatoms. The summed E-state index contributed by atoms with van der Waals surface area (Å²) in [6.45, 7) is 0. The smallest absolute Gasteiger partial charge is 0.129 e. The van der Waals surface area contributed by atoms with Crippen molar-refractivity contribution >= 4 is 0 Å². The minimum absolute atomic E-state index is 0.0447. The van der Waals surface area contributed by atoms with Crippen LogP contribution in [0.4, 0.5) is 13.2 Å². The predicted octanol–water partition coefficient (Wildman–Crippen LogP) is 3.48. The molecule has 0 saturated heterocycles. The van der Waals surface area contributed by atoms with E-state index in [9.17, 15) is 13.2 Å². The van der Waals surface area contributed by atoms with Gasteiger partial charge in [0.25, 0.3) is 0 Å². The molecule has 2 rings (SSSR count). The molecule has 0 radical (unpaired) electrons. The summed E-state index contributed by atoms with van der Waals surface area (Å²) < 4.78 is 39.6. The van der Waals surface area contributed by atoms with Crippen molar-refractivity contribution in [2.24, 2.45) is 0 Å². The highest BCUT2D eigenvalue weighted by Gasteiger charge is 2.12. The Morgan fingerprint density at radius 2 is 1.70 bits per heavy atom. The molecule has 20 heavy (non-hydrogen) atoms. The van der Waals surface area contributed by atoms with Crippen LogP contribution < -0.4 is 5.32 Å². The van der Waals surface area contributed by atoms with Crippen LogP contribution in [0.5, 0.6) is 0 Å². The second kappa shape index (κ2) is 6.57. The molecule has 0 aliphatic carbocycles. The Bertz CT molecular complexity index is 584. The molecule has 0 amide bonds. The molecular formula is C16H16F3N. The maximum absolute atomic E-state index is 13.6. The molecule has 1 atom stereocenters. The van der Waals surface area contributed by atoms with E-state index < -0.39 is 11.6 Å². The minimum atomic E-state index is -0.586. The van der Waals surface area contributed by atoms with Crippen LogP contribution in [0.25, 0.3) is 0 Å². The van der Waals surface area contributed by atoms with Gasteiger partial charge in [0.05, 0.1) is 0 Å². The monoisotopic (exact) mass is 279 g/mol. The van der Waals surface area contributed by atoms with Gasteiger partial charge >= 0.3 is 0 Å². The van der Waals surface area contributed by atoms with Gasteiger partial charge in [0.1, 0.15) is 17.5 Å². The quantitative estimate of drug-likeness (QED) is 0.883. The van der Waals surface area contributed by atoms with E-state index in [-0.39, 0.29) is 11.9 Å². The highest BCUT2D eigenvalue weighted by molar-refractivity contribution is 5.22. The van der Waals surface area contributed by atoms with Crippen molar-refractivity contribution in [2.75, 3.05) is 7.05 Å². The van der Waals surface area contributed by atoms with Crippen LogP contribution in [0.15, 0.2) is 42.5 Å². The van der Waals surface area contributed by atoms with E-state index in [1.165, 1.54) is 24.3 Å². The molecule has 2 aromatic rings. The third kappa shape index (κ3) is 3.84. The van der Waals surface area contributed by atoms with E-state index >= 15 is 0 Å². The summed E-state index contributed by atoms with van der Waals surface area (Å²) in [5.41, 5.74) is 1.29. The lowest BCUT2D eigenvalue weighted by atomic mass is 9.98. The van der Waals surface area contributed by atoms with Gasteiger partial charge in [0.15, 0.2) is 0 Å². The van der Waals surface area contributed by atoms with Gasteiger partial charge < -0.3 is 5.32 Å². The van der Waals surface area contributed by atoms with Crippen molar-refractivity contribution in [1.29, 1.82) is 0 Å². The number of hydrogen-bond acceptors (Lipinski definition) is 1. The van der Waals surface area contributed by atoms with Gasteiger partial charge in [0.2, 0.25) is 0 Å². The molecule has 0 bridgehead atoms. The first-order chi connectivity index (χ1) is 9.58. The Labute approximate surface area is 116 Å². The lowest BCUT2D eigenvalue weighted by Gasteiger charge is -2.17. The number of nitrogens with one attached hydrogen (secondary N) is 1. The first-order valence-corrected chi connectivity index (χ1v) is 6.44. The third-order valence-corrected chi connectivity index (χ3v) is 3.26. The van der Waals surface area contributed by atoms with Gasteiger partial charge in [0, 0.05) is 12.1 Å². The average Bonchev–Trinajstić information content (AvgIpc) is 2.41. The van der Waals surface area contributed by atoms with Gasteiger partial charge in [-0.05, 0) is 49.2 Å². The van der Waals surface area contributed by atoms with Crippen LogP contribution in [0.2, 0.25) is 0 Å². The summed E-state index contributed by atoms with van der Waals surface area (Å²) in [4.78, 5) is 0. The number of rotatable bonds is 5. The molecule has 1 unspecified atom stereocenters. The van der Waals surface area contributed by atoms with Gasteiger partial charge in [-0.1, -0.05) is 18.2 Å². The normalized spacial score (nSPS) is 12.4. The van der Waals surface area contributed by atoms with Crippen molar-refractivity contribution in [3.8, 4) is 0 Å². The number of halogens is 3. The largest absolute Gasteiger partial charge is 0.316 e. The zero-order valence-corrected chi connectivity index (χ0v) is 11.2. The van der Waals surface area contributed by atoms with Crippen LogP contribution in [0.3, 0.4) is 0 Å².